The quantitative estimate of drug-likeness (QED) is 0.829. The average molecular weight is 267 g/mol. The number of amides is 2. The summed E-state index contributed by atoms with van der Waals surface area (Å²) >= 11 is 0. The van der Waals surface area contributed by atoms with Crippen LogP contribution in [0.1, 0.15) is 45.4 Å². The monoisotopic (exact) mass is 267 g/mol. The van der Waals surface area contributed by atoms with Gasteiger partial charge in [0.15, 0.2) is 0 Å². The van der Waals surface area contributed by atoms with E-state index in [-0.39, 0.29) is 6.03 Å². The minimum atomic E-state index is 0.156. The highest BCUT2D eigenvalue weighted by Gasteiger charge is 2.41. The zero-order valence-electron chi connectivity index (χ0n) is 12.7. The zero-order chi connectivity index (χ0) is 13.9. The lowest BCUT2D eigenvalue weighted by Gasteiger charge is -2.34. The highest BCUT2D eigenvalue weighted by atomic mass is 16.2. The Labute approximate surface area is 117 Å². The van der Waals surface area contributed by atoms with Gasteiger partial charge in [-0.1, -0.05) is 13.3 Å². The number of nitrogens with one attached hydrogen (secondary N) is 1. The predicted molar refractivity (Wildman–Crippen MR) is 78.3 cm³/mol. The molecule has 4 heteroatoms. The first-order valence-electron chi connectivity index (χ1n) is 7.76. The van der Waals surface area contributed by atoms with E-state index >= 15 is 0 Å². The number of carbonyl (C=O) groups excluding carboxylic acids is 1. The Morgan fingerprint density at radius 1 is 1.32 bits per heavy atom. The molecule has 0 bridgehead atoms. The third-order valence-electron chi connectivity index (χ3n) is 4.65. The van der Waals surface area contributed by atoms with Crippen LogP contribution in [0, 0.1) is 5.41 Å². The summed E-state index contributed by atoms with van der Waals surface area (Å²) in [6.07, 6.45) is 7.69. The van der Waals surface area contributed by atoms with Gasteiger partial charge in [-0.2, -0.15) is 0 Å². The topological polar surface area (TPSA) is 35.6 Å². The largest absolute Gasteiger partial charge is 0.331 e. The van der Waals surface area contributed by atoms with Gasteiger partial charge in [0.2, 0.25) is 0 Å². The van der Waals surface area contributed by atoms with Crippen molar-refractivity contribution < 1.29 is 4.79 Å². The van der Waals surface area contributed by atoms with Crippen LogP contribution in [0.5, 0.6) is 0 Å². The number of likely N-dealkylation sites (tertiary alicyclic amines) is 1. The van der Waals surface area contributed by atoms with Crippen molar-refractivity contribution in [2.45, 2.75) is 51.5 Å². The van der Waals surface area contributed by atoms with Gasteiger partial charge in [-0.25, -0.2) is 4.79 Å². The van der Waals surface area contributed by atoms with E-state index in [1.165, 1.54) is 32.2 Å². The third kappa shape index (κ3) is 3.85. The van der Waals surface area contributed by atoms with Crippen molar-refractivity contribution in [3.63, 3.8) is 0 Å². The van der Waals surface area contributed by atoms with Gasteiger partial charge < -0.3 is 15.1 Å². The Morgan fingerprint density at radius 3 is 2.42 bits per heavy atom. The standard InChI is InChI=1S/C15H29N3O/c1-4-7-15(8-9-15)12-16-13-5-10-18(11-6-13)14(19)17(2)3/h13,16H,4-12H2,1-3H3. The summed E-state index contributed by atoms with van der Waals surface area (Å²) in [7, 11) is 3.66. The number of hydrogen-bond donors (Lipinski definition) is 1. The molecule has 1 aliphatic carbocycles. The summed E-state index contributed by atoms with van der Waals surface area (Å²) < 4.78 is 0. The number of carbonyl (C=O) groups is 1. The Hall–Kier alpha value is -0.770. The minimum Gasteiger partial charge on any atom is -0.331 e. The summed E-state index contributed by atoms with van der Waals surface area (Å²) in [5.74, 6) is 0. The fourth-order valence-electron chi connectivity index (χ4n) is 3.14. The van der Waals surface area contributed by atoms with E-state index in [2.05, 4.69) is 12.2 Å². The van der Waals surface area contributed by atoms with E-state index in [1.807, 2.05) is 19.0 Å². The van der Waals surface area contributed by atoms with Gasteiger partial charge >= 0.3 is 6.03 Å². The lowest BCUT2D eigenvalue weighted by Crippen LogP contribution is -2.48. The van der Waals surface area contributed by atoms with Gasteiger partial charge in [-0.05, 0) is 37.5 Å². The van der Waals surface area contributed by atoms with E-state index < -0.39 is 0 Å². The van der Waals surface area contributed by atoms with Gasteiger partial charge in [0.05, 0.1) is 0 Å². The van der Waals surface area contributed by atoms with Crippen molar-refractivity contribution in [2.24, 2.45) is 5.41 Å². The molecule has 0 spiro atoms. The molecule has 2 amide bonds. The van der Waals surface area contributed by atoms with Crippen LogP contribution < -0.4 is 5.32 Å². The number of hydrogen-bond acceptors (Lipinski definition) is 2. The normalized spacial score (nSPS) is 22.4. The molecule has 0 atom stereocenters. The molecule has 2 rings (SSSR count). The SMILES string of the molecule is CCCC1(CNC2CCN(C(=O)N(C)C)CC2)CC1. The van der Waals surface area contributed by atoms with E-state index in [0.29, 0.717) is 11.5 Å². The molecule has 1 heterocycles. The maximum Gasteiger partial charge on any atom is 0.319 e. The fourth-order valence-corrected chi connectivity index (χ4v) is 3.14. The molecule has 1 saturated heterocycles. The summed E-state index contributed by atoms with van der Waals surface area (Å²) in [6, 6.07) is 0.767. The average Bonchev–Trinajstić information content (AvgIpc) is 3.17. The maximum atomic E-state index is 11.8. The van der Waals surface area contributed by atoms with Crippen LogP contribution in [-0.2, 0) is 0 Å². The molecule has 19 heavy (non-hydrogen) atoms. The molecular formula is C15H29N3O. The summed E-state index contributed by atoms with van der Waals surface area (Å²) in [5.41, 5.74) is 0.630. The van der Waals surface area contributed by atoms with Gasteiger partial charge in [0, 0.05) is 39.8 Å². The number of urea groups is 1. The molecular weight excluding hydrogens is 238 g/mol. The van der Waals surface area contributed by atoms with Crippen molar-refractivity contribution in [3.8, 4) is 0 Å². The fraction of sp³-hybridized carbons (Fsp3) is 0.933. The Kier molecular flexibility index (Phi) is 4.71. The molecule has 0 aromatic heterocycles. The number of nitrogens with zero attached hydrogens (tertiary/aromatic N) is 2. The van der Waals surface area contributed by atoms with Gasteiger partial charge in [0.25, 0.3) is 0 Å². The maximum absolute atomic E-state index is 11.8. The first-order valence-corrected chi connectivity index (χ1v) is 7.76. The first-order chi connectivity index (χ1) is 9.06. The zero-order valence-corrected chi connectivity index (χ0v) is 12.7. The Balaban J connectivity index is 1.68. The highest BCUT2D eigenvalue weighted by molar-refractivity contribution is 5.73. The Bertz CT molecular complexity index is 305. The number of piperidine rings is 1. The lowest BCUT2D eigenvalue weighted by molar-refractivity contribution is 0.151. The molecule has 0 aromatic rings. The second-order valence-electron chi connectivity index (χ2n) is 6.57. The molecule has 1 N–H and O–H groups in total. The van der Waals surface area contributed by atoms with E-state index in [1.54, 1.807) is 4.90 Å². The number of rotatable bonds is 5. The minimum absolute atomic E-state index is 0.156. The summed E-state index contributed by atoms with van der Waals surface area (Å²) in [4.78, 5) is 15.5. The van der Waals surface area contributed by atoms with Crippen LogP contribution in [0.4, 0.5) is 4.79 Å². The predicted octanol–water partition coefficient (Wildman–Crippen LogP) is 2.30. The molecule has 0 radical (unpaired) electrons. The molecule has 110 valence electrons. The van der Waals surface area contributed by atoms with Crippen LogP contribution in [0.15, 0.2) is 0 Å². The highest BCUT2D eigenvalue weighted by Crippen LogP contribution is 2.49. The van der Waals surface area contributed by atoms with Crippen molar-refractivity contribution in [2.75, 3.05) is 33.7 Å². The lowest BCUT2D eigenvalue weighted by atomic mass is 9.98. The van der Waals surface area contributed by atoms with Gasteiger partial charge in [-0.15, -0.1) is 0 Å². The third-order valence-corrected chi connectivity index (χ3v) is 4.65. The van der Waals surface area contributed by atoms with Gasteiger partial charge in [-0.3, -0.25) is 0 Å². The van der Waals surface area contributed by atoms with Crippen molar-refractivity contribution in [1.29, 1.82) is 0 Å². The van der Waals surface area contributed by atoms with Crippen LogP contribution in [0.2, 0.25) is 0 Å². The second kappa shape index (κ2) is 6.12. The summed E-state index contributed by atoms with van der Waals surface area (Å²) in [5, 5.41) is 3.75. The van der Waals surface area contributed by atoms with Crippen molar-refractivity contribution in [1.82, 2.24) is 15.1 Å². The molecule has 2 fully saturated rings. The Morgan fingerprint density at radius 2 is 1.95 bits per heavy atom. The van der Waals surface area contributed by atoms with E-state index in [4.69, 9.17) is 0 Å². The molecule has 1 aliphatic heterocycles. The second-order valence-corrected chi connectivity index (χ2v) is 6.57. The van der Waals surface area contributed by atoms with E-state index in [0.717, 1.165) is 25.9 Å². The molecule has 1 saturated carbocycles. The van der Waals surface area contributed by atoms with Crippen LogP contribution >= 0.6 is 0 Å². The first kappa shape index (κ1) is 14.6. The van der Waals surface area contributed by atoms with Gasteiger partial charge in [0.1, 0.15) is 0 Å². The molecule has 4 nitrogen and oxygen atoms in total. The molecule has 0 unspecified atom stereocenters. The van der Waals surface area contributed by atoms with E-state index in [9.17, 15) is 4.79 Å². The summed E-state index contributed by atoms with van der Waals surface area (Å²) in [6.45, 7) is 5.27. The molecule has 2 aliphatic rings. The smallest absolute Gasteiger partial charge is 0.319 e. The van der Waals surface area contributed by atoms with Crippen LogP contribution in [-0.4, -0.2) is 55.6 Å². The van der Waals surface area contributed by atoms with Crippen LogP contribution in [0.25, 0.3) is 0 Å². The van der Waals surface area contributed by atoms with Crippen molar-refractivity contribution >= 4 is 6.03 Å². The molecule has 0 aromatic carbocycles. The van der Waals surface area contributed by atoms with Crippen LogP contribution in [0.3, 0.4) is 0 Å². The van der Waals surface area contributed by atoms with Crippen molar-refractivity contribution in [3.05, 3.63) is 0 Å².